The Hall–Kier alpha value is -2.63. The summed E-state index contributed by atoms with van der Waals surface area (Å²) in [5, 5.41) is -0.0402. The number of hydrogen-bond donors (Lipinski definition) is 1. The maximum absolute atomic E-state index is 13.6. The molecule has 1 saturated carbocycles. The van der Waals surface area contributed by atoms with E-state index in [-0.39, 0.29) is 22.7 Å². The first kappa shape index (κ1) is 35.8. The fraction of sp³-hybridized carbons (Fsp3) is 0.615. The van der Waals surface area contributed by atoms with Crippen molar-refractivity contribution in [1.82, 2.24) is 9.62 Å². The van der Waals surface area contributed by atoms with E-state index in [1.165, 1.54) is 11.1 Å². The number of morpholine rings is 1. The van der Waals surface area contributed by atoms with Crippen LogP contribution >= 0.6 is 11.6 Å². The normalized spacial score (nSPS) is 35.1. The highest BCUT2D eigenvalue weighted by atomic mass is 35.5. The number of aryl methyl sites for hydroxylation is 1. The van der Waals surface area contributed by atoms with Gasteiger partial charge in [-0.15, -0.1) is 0 Å². The molecule has 1 spiro atoms. The molecule has 7 rings (SSSR count). The largest absolute Gasteiger partial charge is 0.490 e. The smallest absolute Gasteiger partial charge is 0.264 e. The lowest BCUT2D eigenvalue weighted by molar-refractivity contribution is -0.133. The van der Waals surface area contributed by atoms with Crippen LogP contribution in [-0.2, 0) is 31.3 Å². The van der Waals surface area contributed by atoms with Crippen LogP contribution in [0, 0.1) is 17.3 Å². The number of hydrogen-bond acceptors (Lipinski definition) is 8. The number of rotatable bonds is 3. The predicted octanol–water partition coefficient (Wildman–Crippen LogP) is 5.99. The fourth-order valence-electron chi connectivity index (χ4n) is 9.40. The molecule has 0 radical (unpaired) electrons. The highest BCUT2D eigenvalue weighted by Gasteiger charge is 2.56. The van der Waals surface area contributed by atoms with E-state index in [2.05, 4.69) is 45.7 Å². The monoisotopic (exact) mass is 725 g/mol. The number of sulfonamides is 1. The number of ether oxygens (including phenoxy) is 3. The first-order chi connectivity index (χ1) is 23.9. The van der Waals surface area contributed by atoms with Gasteiger partial charge in [0.15, 0.2) is 0 Å². The van der Waals surface area contributed by atoms with Crippen molar-refractivity contribution in [2.75, 3.05) is 64.6 Å². The quantitative estimate of drug-likeness (QED) is 0.386. The molecule has 1 amide bonds. The Kier molecular flexibility index (Phi) is 9.82. The lowest BCUT2D eigenvalue weighted by atomic mass is 9.54. The molecular weight excluding hydrogens is 674 g/mol. The molecule has 3 heterocycles. The maximum Gasteiger partial charge on any atom is 0.264 e. The summed E-state index contributed by atoms with van der Waals surface area (Å²) < 4.78 is 48.6. The second-order valence-electron chi connectivity index (χ2n) is 15.9. The molecule has 3 aliphatic heterocycles. The van der Waals surface area contributed by atoms with Crippen molar-refractivity contribution in [3.8, 4) is 5.75 Å². The van der Waals surface area contributed by atoms with Gasteiger partial charge in [0.05, 0.1) is 30.8 Å². The molecule has 11 heteroatoms. The van der Waals surface area contributed by atoms with Crippen LogP contribution in [0.5, 0.6) is 5.75 Å². The van der Waals surface area contributed by atoms with Crippen molar-refractivity contribution in [3.63, 3.8) is 0 Å². The zero-order valence-corrected chi connectivity index (χ0v) is 31.5. The topological polar surface area (TPSA) is 97.4 Å². The molecule has 2 bridgehead atoms. The van der Waals surface area contributed by atoms with Gasteiger partial charge in [-0.25, -0.2) is 13.1 Å². The molecule has 1 unspecified atom stereocenters. The summed E-state index contributed by atoms with van der Waals surface area (Å²) in [7, 11) is -2.13. The minimum atomic E-state index is -3.95. The first-order valence-corrected chi connectivity index (χ1v) is 20.2. The molecule has 50 heavy (non-hydrogen) atoms. The predicted molar refractivity (Wildman–Crippen MR) is 197 cm³/mol. The molecular formula is C39H52ClN3O6S. The van der Waals surface area contributed by atoms with E-state index in [1.807, 2.05) is 32.2 Å². The second kappa shape index (κ2) is 13.7. The van der Waals surface area contributed by atoms with Crippen LogP contribution in [0.3, 0.4) is 0 Å². The Morgan fingerprint density at radius 3 is 2.62 bits per heavy atom. The van der Waals surface area contributed by atoms with Gasteiger partial charge in [0.2, 0.25) is 10.0 Å². The summed E-state index contributed by atoms with van der Waals surface area (Å²) in [6, 6.07) is 11.6. The van der Waals surface area contributed by atoms with E-state index in [1.54, 1.807) is 13.0 Å². The van der Waals surface area contributed by atoms with Crippen molar-refractivity contribution in [2.45, 2.75) is 75.6 Å². The van der Waals surface area contributed by atoms with Crippen molar-refractivity contribution < 1.29 is 27.4 Å². The molecule has 2 aliphatic carbocycles. The van der Waals surface area contributed by atoms with Crippen molar-refractivity contribution >= 4 is 33.2 Å². The van der Waals surface area contributed by atoms with Gasteiger partial charge in [0.25, 0.3) is 5.91 Å². The van der Waals surface area contributed by atoms with E-state index < -0.39 is 26.8 Å². The first-order valence-electron chi connectivity index (χ1n) is 18.3. The number of carbonyl (C=O) groups excluding carboxylic acids is 1. The summed E-state index contributed by atoms with van der Waals surface area (Å²) in [5.74, 6) is 0.0605. The van der Waals surface area contributed by atoms with Gasteiger partial charge in [-0.05, 0) is 104 Å². The minimum Gasteiger partial charge on any atom is -0.490 e. The Labute approximate surface area is 302 Å². The van der Waals surface area contributed by atoms with Gasteiger partial charge >= 0.3 is 0 Å². The Bertz CT molecular complexity index is 1750. The van der Waals surface area contributed by atoms with Gasteiger partial charge in [-0.1, -0.05) is 43.7 Å². The number of anilines is 1. The molecule has 2 fully saturated rings. The van der Waals surface area contributed by atoms with Gasteiger partial charge < -0.3 is 19.1 Å². The van der Waals surface area contributed by atoms with Crippen molar-refractivity contribution in [2.24, 2.45) is 17.3 Å². The maximum atomic E-state index is 13.6. The van der Waals surface area contributed by atoms with Crippen LogP contribution in [0.4, 0.5) is 5.69 Å². The number of nitrogens with one attached hydrogen (secondary N) is 1. The molecule has 5 aliphatic rings. The number of nitrogens with zero attached hydrogens (tertiary/aromatic N) is 2. The third-order valence-corrected chi connectivity index (χ3v) is 14.8. The Morgan fingerprint density at radius 1 is 1.08 bits per heavy atom. The van der Waals surface area contributed by atoms with E-state index in [0.717, 1.165) is 69.0 Å². The molecule has 1 N–H and O–H groups in total. The molecule has 9 nitrogen and oxygen atoms in total. The number of carbonyl (C=O) groups is 1. The number of amides is 1. The third-order valence-electron chi connectivity index (χ3n) is 12.7. The number of halogens is 1. The minimum absolute atomic E-state index is 0.121. The Morgan fingerprint density at radius 2 is 1.88 bits per heavy atom. The highest BCUT2D eigenvalue weighted by Crippen LogP contribution is 2.56. The molecule has 272 valence electrons. The van der Waals surface area contributed by atoms with Crippen molar-refractivity contribution in [3.05, 3.63) is 70.3 Å². The second-order valence-corrected chi connectivity index (χ2v) is 18.3. The molecule has 2 aromatic carbocycles. The lowest BCUT2D eigenvalue weighted by Crippen LogP contribution is -2.62. The van der Waals surface area contributed by atoms with E-state index in [0.29, 0.717) is 44.1 Å². The summed E-state index contributed by atoms with van der Waals surface area (Å²) in [6.07, 6.45) is 9.92. The molecule has 0 aromatic heterocycles. The summed E-state index contributed by atoms with van der Waals surface area (Å²) in [4.78, 5) is 18.5. The standard InChI is InChI=1S/C39H52ClN3O6S/c1-27-7-5-15-39(47-4,25-42-17-19-48-20-18-42)35-13-16-37(35,3)23-43-24-38(14-6-8-29-21-31(40)10-11-32(29)38)26-49-34-12-9-30(22-33(34)43)36(44)41-50(45,46)28(27)2/h5,9-12,15,21-22,27-28,35H,6-8,13-14,16-20,23-26H2,1-4H3,(H,41,44)/b15-5+/t27-,28+,35+,37?,38-,39+/m0/s1. The van der Waals surface area contributed by atoms with E-state index >= 15 is 0 Å². The van der Waals surface area contributed by atoms with Gasteiger partial charge in [-0.2, -0.15) is 0 Å². The summed E-state index contributed by atoms with van der Waals surface area (Å²) in [5.41, 5.74) is 2.69. The molecule has 2 aromatic rings. The highest BCUT2D eigenvalue weighted by molar-refractivity contribution is 7.90. The average molecular weight is 726 g/mol. The zero-order chi connectivity index (χ0) is 35.3. The van der Waals surface area contributed by atoms with Crippen LogP contribution in [0.1, 0.15) is 74.4 Å². The van der Waals surface area contributed by atoms with Gasteiger partial charge in [-0.3, -0.25) is 9.69 Å². The van der Waals surface area contributed by atoms with Gasteiger partial charge in [0, 0.05) is 55.8 Å². The van der Waals surface area contributed by atoms with Crippen LogP contribution < -0.4 is 14.4 Å². The van der Waals surface area contributed by atoms with Crippen LogP contribution in [0.25, 0.3) is 0 Å². The number of allylic oxidation sites excluding steroid dienone is 1. The average Bonchev–Trinajstić information content (AvgIpc) is 3.23. The molecule has 1 saturated heterocycles. The van der Waals surface area contributed by atoms with Gasteiger partial charge in [0.1, 0.15) is 11.4 Å². The summed E-state index contributed by atoms with van der Waals surface area (Å²) >= 11 is 6.49. The van der Waals surface area contributed by atoms with E-state index in [4.69, 9.17) is 25.8 Å². The number of methoxy groups -OCH3 is 1. The third kappa shape index (κ3) is 6.60. The SMILES string of the molecule is CO[C@@]1(CN2CCOCC2)/C=C/C[C@H](C)[C@@H](C)S(=O)(=O)NC(=O)c2ccc3c(c2)N(CC2(C)CC[C@H]21)C[C@@]1(CCCc2cc(Cl)ccc21)CO3. The van der Waals surface area contributed by atoms with Crippen LogP contribution in [-0.4, -0.2) is 89.7 Å². The summed E-state index contributed by atoms with van der Waals surface area (Å²) in [6.45, 7) is 11.8. The Balaban J connectivity index is 1.35. The zero-order valence-electron chi connectivity index (χ0n) is 29.9. The van der Waals surface area contributed by atoms with Crippen LogP contribution in [0.2, 0.25) is 5.02 Å². The lowest BCUT2D eigenvalue weighted by Gasteiger charge is -2.58. The van der Waals surface area contributed by atoms with Crippen LogP contribution in [0.15, 0.2) is 48.6 Å². The van der Waals surface area contributed by atoms with E-state index in [9.17, 15) is 13.2 Å². The molecule has 6 atom stereocenters. The number of benzene rings is 2. The number of fused-ring (bicyclic) bond motifs is 4. The fourth-order valence-corrected chi connectivity index (χ4v) is 10.9. The van der Waals surface area contributed by atoms with Crippen molar-refractivity contribution in [1.29, 1.82) is 0 Å².